The lowest BCUT2D eigenvalue weighted by atomic mass is 9.77. The quantitative estimate of drug-likeness (QED) is 0.633. The van der Waals surface area contributed by atoms with Gasteiger partial charge >= 0.3 is 0 Å². The Morgan fingerprint density at radius 2 is 1.78 bits per heavy atom. The van der Waals surface area contributed by atoms with E-state index in [2.05, 4.69) is 4.72 Å². The zero-order chi connectivity index (χ0) is 22.7. The van der Waals surface area contributed by atoms with E-state index in [9.17, 15) is 13.2 Å². The third-order valence-electron chi connectivity index (χ3n) is 6.75. The Hall–Kier alpha value is -2.41. The van der Waals surface area contributed by atoms with Crippen molar-refractivity contribution in [1.82, 2.24) is 0 Å². The van der Waals surface area contributed by atoms with Crippen LogP contribution in [0.1, 0.15) is 68.6 Å². The van der Waals surface area contributed by atoms with E-state index in [4.69, 9.17) is 0 Å². The van der Waals surface area contributed by atoms with E-state index in [0.717, 1.165) is 12.8 Å². The van der Waals surface area contributed by atoms with Gasteiger partial charge in [0.05, 0.1) is 17.1 Å². The predicted molar refractivity (Wildman–Crippen MR) is 124 cm³/mol. The molecule has 0 bridgehead atoms. The summed E-state index contributed by atoms with van der Waals surface area (Å²) in [6.07, 6.45) is 4.79. The lowest BCUT2D eigenvalue weighted by Crippen LogP contribution is -2.43. The van der Waals surface area contributed by atoms with E-state index in [1.807, 2.05) is 38.1 Å². The molecule has 0 aromatic heterocycles. The summed E-state index contributed by atoms with van der Waals surface area (Å²) in [4.78, 5) is 14.3. The Morgan fingerprint density at radius 1 is 1.09 bits per heavy atom. The molecular weight excluding hydrogens is 427 g/mol. The second-order valence-corrected chi connectivity index (χ2v) is 12.0. The average molecular weight is 457 g/mol. The van der Waals surface area contributed by atoms with Gasteiger partial charge in [0.2, 0.25) is 15.9 Å². The first kappa shape index (κ1) is 21.4. The Morgan fingerprint density at radius 3 is 2.41 bits per heavy atom. The smallest absolute Gasteiger partial charge is 0.236 e. The zero-order valence-corrected chi connectivity index (χ0v) is 19.3. The number of hydrogen-bond acceptors (Lipinski definition) is 3. The fourth-order valence-electron chi connectivity index (χ4n) is 4.63. The molecule has 1 aliphatic heterocycles. The largest absolute Gasteiger partial charge is 0.309 e. The number of carbonyl (C=O) groups is 1. The van der Waals surface area contributed by atoms with Crippen molar-refractivity contribution in [2.75, 3.05) is 16.2 Å². The molecule has 2 aromatic rings. The molecule has 0 saturated heterocycles. The average Bonchev–Trinajstić information content (AvgIpc) is 3.59. The van der Waals surface area contributed by atoms with Crippen LogP contribution >= 0.6 is 0 Å². The van der Waals surface area contributed by atoms with Gasteiger partial charge in [-0.1, -0.05) is 38.1 Å². The van der Waals surface area contributed by atoms with Crippen LogP contribution < -0.4 is 9.62 Å². The van der Waals surface area contributed by atoms with Gasteiger partial charge in [-0.15, -0.1) is 0 Å². The number of benzene rings is 2. The maximum atomic E-state index is 15.3. The lowest BCUT2D eigenvalue weighted by molar-refractivity contribution is -0.120. The standard InChI is InChI=1S/C25H29FN2O3S/c1-25(2)13-23(29)28(14-16-3-4-16)24-21(25)11-20(12-22(24)26)27-32(30,31)15-17-5-7-18(8-6-17)19-9-10-19/h5-8,11-12,16,19,27H,3-4,9-10,13-15H2,1-2H3. The van der Waals surface area contributed by atoms with Crippen LogP contribution in [0, 0.1) is 11.7 Å². The summed E-state index contributed by atoms with van der Waals surface area (Å²) in [6.45, 7) is 4.33. The molecule has 2 aliphatic carbocycles. The number of amides is 1. The molecule has 0 radical (unpaired) electrons. The number of sulfonamides is 1. The molecule has 2 aromatic carbocycles. The van der Waals surface area contributed by atoms with Gasteiger partial charge in [-0.2, -0.15) is 0 Å². The van der Waals surface area contributed by atoms with Gasteiger partial charge in [-0.3, -0.25) is 9.52 Å². The number of rotatable bonds is 7. The maximum absolute atomic E-state index is 15.3. The SMILES string of the molecule is CC1(C)CC(=O)N(CC2CC2)c2c(F)cc(NS(=O)(=O)Cc3ccc(C4CC4)cc3)cc21. The molecule has 2 saturated carbocycles. The summed E-state index contributed by atoms with van der Waals surface area (Å²) in [5.41, 5.74) is 2.55. The molecule has 5 rings (SSSR count). The summed E-state index contributed by atoms with van der Waals surface area (Å²) < 4.78 is 43.4. The van der Waals surface area contributed by atoms with Gasteiger partial charge < -0.3 is 4.90 Å². The number of halogens is 1. The van der Waals surface area contributed by atoms with Crippen molar-refractivity contribution in [2.24, 2.45) is 5.92 Å². The van der Waals surface area contributed by atoms with Crippen LogP contribution in [-0.2, 0) is 26.0 Å². The molecule has 0 unspecified atom stereocenters. The van der Waals surface area contributed by atoms with Crippen molar-refractivity contribution in [3.05, 3.63) is 58.9 Å². The van der Waals surface area contributed by atoms with E-state index in [-0.39, 0.29) is 23.8 Å². The summed E-state index contributed by atoms with van der Waals surface area (Å²) in [6, 6.07) is 10.6. The highest BCUT2D eigenvalue weighted by Gasteiger charge is 2.41. The molecule has 170 valence electrons. The Labute approximate surface area is 189 Å². The van der Waals surface area contributed by atoms with Gasteiger partial charge in [0.25, 0.3) is 0 Å². The van der Waals surface area contributed by atoms with Crippen molar-refractivity contribution >= 4 is 27.3 Å². The van der Waals surface area contributed by atoms with E-state index < -0.39 is 21.3 Å². The fourth-order valence-corrected chi connectivity index (χ4v) is 5.81. The van der Waals surface area contributed by atoms with E-state index in [1.54, 1.807) is 11.0 Å². The molecule has 1 heterocycles. The first-order valence-corrected chi connectivity index (χ1v) is 13.0. The molecule has 0 spiro atoms. The molecular formula is C25H29FN2O3S. The topological polar surface area (TPSA) is 66.5 Å². The minimum absolute atomic E-state index is 0.0729. The number of nitrogens with zero attached hydrogens (tertiary/aromatic N) is 1. The van der Waals surface area contributed by atoms with Crippen molar-refractivity contribution < 1.29 is 17.6 Å². The van der Waals surface area contributed by atoms with Crippen LogP contribution in [0.3, 0.4) is 0 Å². The van der Waals surface area contributed by atoms with E-state index >= 15 is 4.39 Å². The first-order chi connectivity index (χ1) is 15.1. The third-order valence-corrected chi connectivity index (χ3v) is 8.01. The highest BCUT2D eigenvalue weighted by Crippen LogP contribution is 2.45. The number of anilines is 2. The molecule has 2 fully saturated rings. The van der Waals surface area contributed by atoms with Crippen LogP contribution in [0.15, 0.2) is 36.4 Å². The highest BCUT2D eigenvalue weighted by atomic mass is 32.2. The predicted octanol–water partition coefficient (Wildman–Crippen LogP) is 5.07. The Balaban J connectivity index is 1.40. The van der Waals surface area contributed by atoms with Crippen molar-refractivity contribution in [3.63, 3.8) is 0 Å². The van der Waals surface area contributed by atoms with Crippen molar-refractivity contribution in [3.8, 4) is 0 Å². The van der Waals surface area contributed by atoms with Gasteiger partial charge in [0, 0.05) is 24.4 Å². The normalized spacial score (nSPS) is 20.2. The minimum atomic E-state index is -3.72. The minimum Gasteiger partial charge on any atom is -0.309 e. The molecule has 1 amide bonds. The van der Waals surface area contributed by atoms with Gasteiger partial charge in [0.15, 0.2) is 0 Å². The first-order valence-electron chi connectivity index (χ1n) is 11.3. The van der Waals surface area contributed by atoms with E-state index in [1.165, 1.54) is 24.5 Å². The summed E-state index contributed by atoms with van der Waals surface area (Å²) in [5.74, 6) is 0.239. The number of fused-ring (bicyclic) bond motifs is 1. The molecule has 0 atom stereocenters. The second-order valence-electron chi connectivity index (χ2n) is 10.2. The molecule has 7 heteroatoms. The third kappa shape index (κ3) is 4.40. The van der Waals surface area contributed by atoms with Gasteiger partial charge in [-0.25, -0.2) is 12.8 Å². The summed E-state index contributed by atoms with van der Waals surface area (Å²) in [5, 5.41) is 0. The highest BCUT2D eigenvalue weighted by molar-refractivity contribution is 7.91. The van der Waals surface area contributed by atoms with Gasteiger partial charge in [-0.05, 0) is 60.3 Å². The molecule has 1 N–H and O–H groups in total. The van der Waals surface area contributed by atoms with E-state index in [0.29, 0.717) is 35.2 Å². The van der Waals surface area contributed by atoms with Crippen LogP contribution in [0.5, 0.6) is 0 Å². The Kier molecular flexibility index (Phi) is 5.08. The second kappa shape index (κ2) is 7.58. The fraction of sp³-hybridized carbons (Fsp3) is 0.480. The Bertz CT molecular complexity index is 1170. The molecule has 32 heavy (non-hydrogen) atoms. The summed E-state index contributed by atoms with van der Waals surface area (Å²) in [7, 11) is -3.72. The maximum Gasteiger partial charge on any atom is 0.236 e. The molecule has 3 aliphatic rings. The van der Waals surface area contributed by atoms with Gasteiger partial charge in [0.1, 0.15) is 5.82 Å². The van der Waals surface area contributed by atoms with Crippen molar-refractivity contribution in [2.45, 2.75) is 63.0 Å². The van der Waals surface area contributed by atoms with Crippen LogP contribution in [-0.4, -0.2) is 20.9 Å². The van der Waals surface area contributed by atoms with Crippen LogP contribution in [0.25, 0.3) is 0 Å². The number of carbonyl (C=O) groups excluding carboxylic acids is 1. The number of hydrogen-bond donors (Lipinski definition) is 1. The van der Waals surface area contributed by atoms with Crippen molar-refractivity contribution in [1.29, 1.82) is 0 Å². The van der Waals surface area contributed by atoms with Crippen LogP contribution in [0.4, 0.5) is 15.8 Å². The zero-order valence-electron chi connectivity index (χ0n) is 18.5. The molecule has 5 nitrogen and oxygen atoms in total. The van der Waals surface area contributed by atoms with Crippen LogP contribution in [0.2, 0.25) is 0 Å². The monoisotopic (exact) mass is 456 g/mol. The summed E-state index contributed by atoms with van der Waals surface area (Å²) >= 11 is 0. The number of nitrogens with one attached hydrogen (secondary N) is 1. The lowest BCUT2D eigenvalue weighted by Gasteiger charge is -2.39.